The molecule has 0 aromatic carbocycles. The van der Waals surface area contributed by atoms with Crippen molar-refractivity contribution in [3.63, 3.8) is 0 Å². The Morgan fingerprint density at radius 1 is 1.50 bits per heavy atom. The molecule has 0 amide bonds. The Kier molecular flexibility index (Phi) is 5.36. The van der Waals surface area contributed by atoms with Crippen LogP contribution in [0, 0.1) is 0 Å². The van der Waals surface area contributed by atoms with Crippen LogP contribution < -0.4 is 0 Å². The fraction of sp³-hybridized carbons (Fsp3) is 1.00. The molecule has 0 bridgehead atoms. The van der Waals surface area contributed by atoms with E-state index in [0.29, 0.717) is 0 Å². The second-order valence-corrected chi connectivity index (χ2v) is 2.68. The summed E-state index contributed by atoms with van der Waals surface area (Å²) in [7, 11) is 2.76. The topological polar surface area (TPSA) is 0 Å². The van der Waals surface area contributed by atoms with Crippen molar-refractivity contribution in [2.45, 2.75) is 39.3 Å². The second kappa shape index (κ2) is 5.27. The standard InChI is InChI=1S/C6H16B2/c1-4-5-6(2)8-7-3/h6-8H,4-5H2,1-3H3. The molecule has 0 heterocycles. The summed E-state index contributed by atoms with van der Waals surface area (Å²) in [5.41, 5.74) is 0. The number of hydrogen-bond acceptors (Lipinski definition) is 0. The van der Waals surface area contributed by atoms with E-state index >= 15 is 0 Å². The van der Waals surface area contributed by atoms with Crippen molar-refractivity contribution in [2.75, 3.05) is 0 Å². The zero-order valence-corrected chi connectivity index (χ0v) is 6.41. The van der Waals surface area contributed by atoms with Crippen molar-refractivity contribution in [1.29, 1.82) is 0 Å². The quantitative estimate of drug-likeness (QED) is 0.480. The van der Waals surface area contributed by atoms with Crippen molar-refractivity contribution in [3.05, 3.63) is 0 Å². The van der Waals surface area contributed by atoms with Crippen LogP contribution in [0.4, 0.5) is 0 Å². The third kappa shape index (κ3) is 4.29. The van der Waals surface area contributed by atoms with Crippen LogP contribution in [0.5, 0.6) is 0 Å². The van der Waals surface area contributed by atoms with E-state index in [9.17, 15) is 0 Å². The molecule has 8 heavy (non-hydrogen) atoms. The molecule has 0 saturated heterocycles. The number of rotatable bonds is 4. The van der Waals surface area contributed by atoms with Crippen molar-refractivity contribution < 1.29 is 0 Å². The van der Waals surface area contributed by atoms with E-state index in [1.54, 1.807) is 0 Å². The lowest BCUT2D eigenvalue weighted by Crippen LogP contribution is -2.04. The summed E-state index contributed by atoms with van der Waals surface area (Å²) >= 11 is 0. The fourth-order valence-electron chi connectivity index (χ4n) is 1.13. The predicted octanol–water partition coefficient (Wildman–Crippen LogP) is 1.43. The molecule has 1 atom stereocenters. The lowest BCUT2D eigenvalue weighted by molar-refractivity contribution is 0.767. The smallest absolute Gasteiger partial charge is 0.0897 e. The Bertz CT molecular complexity index is 39.8. The summed E-state index contributed by atoms with van der Waals surface area (Å²) in [5.74, 6) is 0.963. The highest BCUT2D eigenvalue weighted by Crippen LogP contribution is 2.08. The molecule has 2 heteroatoms. The third-order valence-electron chi connectivity index (χ3n) is 1.56. The summed E-state index contributed by atoms with van der Waals surface area (Å²) in [5, 5.41) is 0. The van der Waals surface area contributed by atoms with Gasteiger partial charge in [-0.3, -0.25) is 0 Å². The molecule has 0 fully saturated rings. The summed E-state index contributed by atoms with van der Waals surface area (Å²) in [4.78, 5) is 0. The minimum absolute atomic E-state index is 0.963. The maximum atomic E-state index is 2.34. The monoisotopic (exact) mass is 110 g/mol. The van der Waals surface area contributed by atoms with Gasteiger partial charge in [-0.1, -0.05) is 39.3 Å². The van der Waals surface area contributed by atoms with Crippen molar-refractivity contribution in [1.82, 2.24) is 0 Å². The first-order valence-corrected chi connectivity index (χ1v) is 3.81. The molecule has 46 valence electrons. The Morgan fingerprint density at radius 2 is 2.12 bits per heavy atom. The minimum Gasteiger partial charge on any atom is -0.0958 e. The van der Waals surface area contributed by atoms with Gasteiger partial charge in [-0.15, -0.1) is 0 Å². The zero-order chi connectivity index (χ0) is 6.41. The van der Waals surface area contributed by atoms with Gasteiger partial charge in [0.1, 0.15) is 0 Å². The van der Waals surface area contributed by atoms with Crippen LogP contribution >= 0.6 is 0 Å². The van der Waals surface area contributed by atoms with Crippen LogP contribution in [0.2, 0.25) is 12.6 Å². The molecule has 0 aromatic heterocycles. The summed E-state index contributed by atoms with van der Waals surface area (Å²) < 4.78 is 0. The SMILES string of the molecule is CBBC(C)CCC. The molecule has 0 rings (SSSR count). The van der Waals surface area contributed by atoms with Gasteiger partial charge in [0.15, 0.2) is 0 Å². The molecule has 0 spiro atoms. The largest absolute Gasteiger partial charge is 0.0958 e. The molecule has 0 aromatic rings. The van der Waals surface area contributed by atoms with E-state index in [2.05, 4.69) is 20.7 Å². The highest BCUT2D eigenvalue weighted by Gasteiger charge is 1.98. The van der Waals surface area contributed by atoms with E-state index in [0.717, 1.165) is 5.82 Å². The van der Waals surface area contributed by atoms with E-state index in [-0.39, 0.29) is 0 Å². The summed E-state index contributed by atoms with van der Waals surface area (Å²) in [6.07, 6.45) is 2.76. The minimum atomic E-state index is 0.963. The fourth-order valence-corrected chi connectivity index (χ4v) is 1.13. The molecule has 0 aliphatic rings. The van der Waals surface area contributed by atoms with Crippen LogP contribution in [0.3, 0.4) is 0 Å². The van der Waals surface area contributed by atoms with Gasteiger partial charge in [-0.2, -0.15) is 0 Å². The maximum Gasteiger partial charge on any atom is 0.0897 e. The van der Waals surface area contributed by atoms with E-state index in [1.165, 1.54) is 27.2 Å². The molecule has 0 N–H and O–H groups in total. The molecule has 0 nitrogen and oxygen atoms in total. The molecule has 0 radical (unpaired) electrons. The van der Waals surface area contributed by atoms with Crippen LogP contribution in [0.15, 0.2) is 0 Å². The Labute approximate surface area is 54.5 Å². The first-order chi connectivity index (χ1) is 3.81. The molecule has 0 saturated carbocycles. The highest BCUT2D eigenvalue weighted by atomic mass is 13.9. The van der Waals surface area contributed by atoms with Gasteiger partial charge < -0.3 is 0 Å². The van der Waals surface area contributed by atoms with Gasteiger partial charge >= 0.3 is 0 Å². The number of hydrogen-bond donors (Lipinski definition) is 0. The summed E-state index contributed by atoms with van der Waals surface area (Å²) in [6.45, 7) is 6.85. The third-order valence-corrected chi connectivity index (χ3v) is 1.56. The molecule has 0 aliphatic carbocycles. The van der Waals surface area contributed by atoms with Crippen LogP contribution in [0.25, 0.3) is 0 Å². The lowest BCUT2D eigenvalue weighted by atomic mass is 9.35. The zero-order valence-electron chi connectivity index (χ0n) is 6.41. The van der Waals surface area contributed by atoms with E-state index in [4.69, 9.17) is 0 Å². The first-order valence-electron chi connectivity index (χ1n) is 3.81. The molecule has 0 aliphatic heterocycles. The average Bonchev–Trinajstić information content (AvgIpc) is 1.68. The summed E-state index contributed by atoms with van der Waals surface area (Å²) in [6, 6.07) is 0. The van der Waals surface area contributed by atoms with E-state index < -0.39 is 0 Å². The van der Waals surface area contributed by atoms with Crippen LogP contribution in [-0.4, -0.2) is 14.3 Å². The lowest BCUT2D eigenvalue weighted by Gasteiger charge is -2.03. The first kappa shape index (κ1) is 8.13. The van der Waals surface area contributed by atoms with Crippen LogP contribution in [-0.2, 0) is 0 Å². The Balaban J connectivity index is 2.92. The van der Waals surface area contributed by atoms with Gasteiger partial charge in [-0.05, 0) is 0 Å². The van der Waals surface area contributed by atoms with E-state index in [1.807, 2.05) is 0 Å². The Morgan fingerprint density at radius 3 is 2.50 bits per heavy atom. The van der Waals surface area contributed by atoms with Crippen molar-refractivity contribution in [3.8, 4) is 0 Å². The predicted molar refractivity (Wildman–Crippen MR) is 44.5 cm³/mol. The Hall–Kier alpha value is 0.130. The van der Waals surface area contributed by atoms with Gasteiger partial charge in [0.2, 0.25) is 0 Å². The molecule has 1 unspecified atom stereocenters. The van der Waals surface area contributed by atoms with Gasteiger partial charge in [0.25, 0.3) is 0 Å². The molecular formula is C6H16B2. The normalized spacial score (nSPS) is 12.9. The van der Waals surface area contributed by atoms with Gasteiger partial charge in [-0.25, -0.2) is 0 Å². The van der Waals surface area contributed by atoms with Crippen molar-refractivity contribution >= 4 is 14.3 Å². The maximum absolute atomic E-state index is 2.34. The van der Waals surface area contributed by atoms with Crippen molar-refractivity contribution in [2.24, 2.45) is 0 Å². The highest BCUT2D eigenvalue weighted by molar-refractivity contribution is 7.00. The van der Waals surface area contributed by atoms with Gasteiger partial charge in [0.05, 0.1) is 14.3 Å². The van der Waals surface area contributed by atoms with Gasteiger partial charge in [0, 0.05) is 0 Å². The molecular weight excluding hydrogens is 93.7 g/mol. The second-order valence-electron chi connectivity index (χ2n) is 2.68. The van der Waals surface area contributed by atoms with Crippen LogP contribution in [0.1, 0.15) is 26.7 Å². The average molecular weight is 110 g/mol.